The Hall–Kier alpha value is -1.95. The Bertz CT molecular complexity index is 589. The molecule has 0 aromatic carbocycles. The van der Waals surface area contributed by atoms with Gasteiger partial charge in [0, 0.05) is 31.7 Å². The fourth-order valence-corrected chi connectivity index (χ4v) is 1.90. The number of pyridine rings is 1. The minimum atomic E-state index is -0.100. The zero-order valence-electron chi connectivity index (χ0n) is 10.1. The van der Waals surface area contributed by atoms with Gasteiger partial charge in [0.25, 0.3) is 11.6 Å². The average Bonchev–Trinajstić information content (AvgIpc) is 2.68. The van der Waals surface area contributed by atoms with E-state index in [2.05, 4.69) is 20.8 Å². The lowest BCUT2D eigenvalue weighted by molar-refractivity contribution is 0.0942. The van der Waals surface area contributed by atoms with E-state index in [0.717, 1.165) is 24.2 Å². The van der Waals surface area contributed by atoms with Crippen LogP contribution < -0.4 is 10.6 Å². The van der Waals surface area contributed by atoms with Gasteiger partial charge in [-0.2, -0.15) is 0 Å². The van der Waals surface area contributed by atoms with Gasteiger partial charge in [-0.3, -0.25) is 4.79 Å². The molecule has 2 aromatic rings. The van der Waals surface area contributed by atoms with Crippen molar-refractivity contribution in [3.05, 3.63) is 23.5 Å². The van der Waals surface area contributed by atoms with Crippen molar-refractivity contribution in [2.75, 3.05) is 19.6 Å². The van der Waals surface area contributed by atoms with Crippen LogP contribution in [0, 0.1) is 12.8 Å². The highest BCUT2D eigenvalue weighted by atomic mass is 16.5. The van der Waals surface area contributed by atoms with Gasteiger partial charge in [0.2, 0.25) is 0 Å². The molecule has 18 heavy (non-hydrogen) atoms. The maximum Gasteiger partial charge on any atom is 0.257 e. The summed E-state index contributed by atoms with van der Waals surface area (Å²) in [6.45, 7) is 4.48. The van der Waals surface area contributed by atoms with E-state index in [1.165, 1.54) is 6.20 Å². The number of carbonyl (C=O) groups is 1. The number of carbonyl (C=O) groups excluding carboxylic acids is 1. The highest BCUT2D eigenvalue weighted by molar-refractivity contribution is 5.96. The number of nitrogens with one attached hydrogen (secondary N) is 2. The Balaban J connectivity index is 1.75. The van der Waals surface area contributed by atoms with E-state index in [1.54, 1.807) is 6.07 Å². The van der Waals surface area contributed by atoms with Crippen LogP contribution in [-0.4, -0.2) is 35.7 Å². The van der Waals surface area contributed by atoms with Crippen molar-refractivity contribution < 1.29 is 9.32 Å². The van der Waals surface area contributed by atoms with E-state index in [1.807, 2.05) is 6.92 Å². The lowest BCUT2D eigenvalue weighted by Gasteiger charge is -2.27. The Labute approximate surface area is 104 Å². The van der Waals surface area contributed by atoms with E-state index in [0.29, 0.717) is 23.7 Å². The summed E-state index contributed by atoms with van der Waals surface area (Å²) in [5.74, 6) is 0.444. The number of aromatic nitrogens is 2. The van der Waals surface area contributed by atoms with E-state index >= 15 is 0 Å². The molecule has 1 saturated heterocycles. The van der Waals surface area contributed by atoms with Gasteiger partial charge in [-0.05, 0) is 13.0 Å². The van der Waals surface area contributed by atoms with E-state index < -0.39 is 0 Å². The molecule has 1 aliphatic rings. The molecule has 1 fully saturated rings. The van der Waals surface area contributed by atoms with Crippen molar-refractivity contribution in [2.24, 2.45) is 5.92 Å². The molecule has 6 heteroatoms. The summed E-state index contributed by atoms with van der Waals surface area (Å²) >= 11 is 0. The maximum absolute atomic E-state index is 11.9. The molecule has 1 amide bonds. The third-order valence-electron chi connectivity index (χ3n) is 3.19. The van der Waals surface area contributed by atoms with Crippen molar-refractivity contribution in [1.82, 2.24) is 20.8 Å². The van der Waals surface area contributed by atoms with Crippen molar-refractivity contribution in [3.63, 3.8) is 0 Å². The van der Waals surface area contributed by atoms with Crippen molar-refractivity contribution >= 4 is 17.0 Å². The first-order chi connectivity index (χ1) is 8.74. The molecule has 2 N–H and O–H groups in total. The van der Waals surface area contributed by atoms with Crippen LogP contribution in [0.1, 0.15) is 16.1 Å². The topological polar surface area (TPSA) is 80.0 Å². The number of amides is 1. The van der Waals surface area contributed by atoms with Gasteiger partial charge < -0.3 is 15.2 Å². The van der Waals surface area contributed by atoms with Crippen LogP contribution in [0.5, 0.6) is 0 Å². The number of fused-ring (bicyclic) bond motifs is 1. The molecule has 0 saturated carbocycles. The van der Waals surface area contributed by atoms with Gasteiger partial charge in [-0.25, -0.2) is 4.98 Å². The van der Waals surface area contributed by atoms with Crippen LogP contribution >= 0.6 is 0 Å². The SMILES string of the molecule is Cc1noc2ncc(C(=O)NCC3CNC3)cc12. The van der Waals surface area contributed by atoms with Gasteiger partial charge in [0.1, 0.15) is 0 Å². The second-order valence-electron chi connectivity index (χ2n) is 4.58. The highest BCUT2D eigenvalue weighted by Crippen LogP contribution is 2.16. The minimum Gasteiger partial charge on any atom is -0.352 e. The summed E-state index contributed by atoms with van der Waals surface area (Å²) in [5.41, 5.74) is 1.75. The molecule has 0 bridgehead atoms. The zero-order chi connectivity index (χ0) is 12.5. The number of hydrogen-bond acceptors (Lipinski definition) is 5. The van der Waals surface area contributed by atoms with E-state index in [4.69, 9.17) is 4.52 Å². The second-order valence-corrected chi connectivity index (χ2v) is 4.58. The highest BCUT2D eigenvalue weighted by Gasteiger charge is 2.18. The molecule has 0 aliphatic carbocycles. The van der Waals surface area contributed by atoms with Crippen molar-refractivity contribution in [1.29, 1.82) is 0 Å². The lowest BCUT2D eigenvalue weighted by atomic mass is 10.0. The monoisotopic (exact) mass is 246 g/mol. The first-order valence-electron chi connectivity index (χ1n) is 5.95. The van der Waals surface area contributed by atoms with Gasteiger partial charge in [0.15, 0.2) is 0 Å². The minimum absolute atomic E-state index is 0.100. The largest absolute Gasteiger partial charge is 0.352 e. The molecule has 2 aromatic heterocycles. The molecule has 1 aliphatic heterocycles. The molecule has 0 radical (unpaired) electrons. The number of nitrogens with zero attached hydrogens (tertiary/aromatic N) is 2. The Morgan fingerprint density at radius 1 is 1.61 bits per heavy atom. The standard InChI is InChI=1S/C12H14N4O2/c1-7-10-2-9(6-15-12(10)18-16-7)11(17)14-5-8-3-13-4-8/h2,6,8,13H,3-5H2,1H3,(H,14,17). The normalized spacial score (nSPS) is 15.6. The van der Waals surface area contributed by atoms with Gasteiger partial charge in [-0.1, -0.05) is 5.16 Å². The molecular formula is C12H14N4O2. The Morgan fingerprint density at radius 3 is 3.17 bits per heavy atom. The quantitative estimate of drug-likeness (QED) is 0.823. The maximum atomic E-state index is 11.9. The summed E-state index contributed by atoms with van der Waals surface area (Å²) < 4.78 is 5.01. The molecule has 94 valence electrons. The van der Waals surface area contributed by atoms with Crippen LogP contribution in [0.2, 0.25) is 0 Å². The Kier molecular flexibility index (Phi) is 2.71. The van der Waals surface area contributed by atoms with Crippen LogP contribution in [0.3, 0.4) is 0 Å². The van der Waals surface area contributed by atoms with E-state index in [9.17, 15) is 4.79 Å². The third-order valence-corrected chi connectivity index (χ3v) is 3.19. The number of rotatable bonds is 3. The first-order valence-corrected chi connectivity index (χ1v) is 5.95. The number of hydrogen-bond donors (Lipinski definition) is 2. The van der Waals surface area contributed by atoms with Crippen LogP contribution in [0.4, 0.5) is 0 Å². The smallest absolute Gasteiger partial charge is 0.257 e. The van der Waals surface area contributed by atoms with Crippen molar-refractivity contribution in [2.45, 2.75) is 6.92 Å². The Morgan fingerprint density at radius 2 is 2.44 bits per heavy atom. The van der Waals surface area contributed by atoms with Crippen LogP contribution in [0.15, 0.2) is 16.8 Å². The van der Waals surface area contributed by atoms with Gasteiger partial charge in [0.05, 0.1) is 16.6 Å². The fraction of sp³-hybridized carbons (Fsp3) is 0.417. The van der Waals surface area contributed by atoms with E-state index in [-0.39, 0.29) is 5.91 Å². The molecule has 0 spiro atoms. The summed E-state index contributed by atoms with van der Waals surface area (Å²) in [7, 11) is 0. The molecule has 0 unspecified atom stereocenters. The summed E-state index contributed by atoms with van der Waals surface area (Å²) in [6, 6.07) is 1.77. The molecule has 6 nitrogen and oxygen atoms in total. The fourth-order valence-electron chi connectivity index (χ4n) is 1.90. The average molecular weight is 246 g/mol. The number of aryl methyl sites for hydroxylation is 1. The van der Waals surface area contributed by atoms with Crippen molar-refractivity contribution in [3.8, 4) is 0 Å². The molecule has 3 rings (SSSR count). The first kappa shape index (κ1) is 11.2. The van der Waals surface area contributed by atoms with Crippen LogP contribution in [0.25, 0.3) is 11.1 Å². The van der Waals surface area contributed by atoms with Gasteiger partial charge in [-0.15, -0.1) is 0 Å². The van der Waals surface area contributed by atoms with Crippen LogP contribution in [-0.2, 0) is 0 Å². The molecular weight excluding hydrogens is 232 g/mol. The molecule has 3 heterocycles. The summed E-state index contributed by atoms with van der Waals surface area (Å²) in [5, 5.41) is 10.7. The predicted molar refractivity (Wildman–Crippen MR) is 65.2 cm³/mol. The summed E-state index contributed by atoms with van der Waals surface area (Å²) in [4.78, 5) is 16.0. The predicted octanol–water partition coefficient (Wildman–Crippen LogP) is 0.480. The molecule has 0 atom stereocenters. The zero-order valence-corrected chi connectivity index (χ0v) is 10.1. The summed E-state index contributed by atoms with van der Waals surface area (Å²) in [6.07, 6.45) is 1.52. The lowest BCUT2D eigenvalue weighted by Crippen LogP contribution is -2.48. The van der Waals surface area contributed by atoms with Gasteiger partial charge >= 0.3 is 0 Å². The third kappa shape index (κ3) is 1.95. The second kappa shape index (κ2) is 4.38.